The van der Waals surface area contributed by atoms with Crippen LogP contribution in [-0.4, -0.2) is 40.0 Å². The summed E-state index contributed by atoms with van der Waals surface area (Å²) in [5.74, 6) is -0.339. The van der Waals surface area contributed by atoms with Gasteiger partial charge in [0.2, 0.25) is 15.9 Å². The predicted octanol–water partition coefficient (Wildman–Crippen LogP) is 3.55. The number of halogens is 1. The number of carbonyl (C=O) groups is 1. The van der Waals surface area contributed by atoms with E-state index in [-0.39, 0.29) is 10.8 Å². The number of hydrogen-bond donors (Lipinski definition) is 1. The summed E-state index contributed by atoms with van der Waals surface area (Å²) in [4.78, 5) is 13.0. The maximum Gasteiger partial charge on any atom is 0.246 e. The van der Waals surface area contributed by atoms with Crippen molar-refractivity contribution in [2.45, 2.75) is 30.7 Å². The Morgan fingerprint density at radius 1 is 1.29 bits per heavy atom. The fraction of sp³-hybridized carbons (Fsp3) is 0.278. The molecule has 10 heteroatoms. The average Bonchev–Trinajstić information content (AvgIpc) is 3.32. The summed E-state index contributed by atoms with van der Waals surface area (Å²) in [7, 11) is -3.87. The van der Waals surface area contributed by atoms with Gasteiger partial charge in [0.25, 0.3) is 0 Å². The third-order valence-electron chi connectivity index (χ3n) is 4.72. The van der Waals surface area contributed by atoms with E-state index in [1.54, 1.807) is 18.2 Å². The number of carbonyl (C=O) groups excluding carboxylic acids is 1. The van der Waals surface area contributed by atoms with Crippen LogP contribution in [0.2, 0.25) is 0 Å². The molecule has 1 fully saturated rings. The van der Waals surface area contributed by atoms with Crippen LogP contribution < -0.4 is 5.32 Å². The third-order valence-corrected chi connectivity index (χ3v) is 7.86. The Morgan fingerprint density at radius 3 is 2.89 bits per heavy atom. The number of anilines is 1. The molecule has 0 bridgehead atoms. The van der Waals surface area contributed by atoms with Gasteiger partial charge in [-0.3, -0.25) is 4.79 Å². The molecule has 2 aromatic carbocycles. The van der Waals surface area contributed by atoms with E-state index in [0.717, 1.165) is 21.8 Å². The minimum atomic E-state index is -3.87. The molecule has 0 radical (unpaired) electrons. The minimum absolute atomic E-state index is 0.0926. The Hall–Kier alpha value is -1.88. The van der Waals surface area contributed by atoms with E-state index in [0.29, 0.717) is 36.1 Å². The molecule has 0 saturated carbocycles. The fourth-order valence-electron chi connectivity index (χ4n) is 3.34. The molecule has 146 valence electrons. The second-order valence-corrected chi connectivity index (χ2v) is 9.88. The molecular weight excluding hydrogens is 464 g/mol. The van der Waals surface area contributed by atoms with E-state index >= 15 is 0 Å². The fourth-order valence-corrected chi connectivity index (χ4v) is 6.35. The molecule has 1 saturated heterocycles. The molecule has 28 heavy (non-hydrogen) atoms. The number of aryl methyl sites for hydroxylation is 1. The normalized spacial score (nSPS) is 17.9. The topological polar surface area (TPSA) is 92.3 Å². The molecule has 1 atom stereocenters. The van der Waals surface area contributed by atoms with Crippen LogP contribution >= 0.6 is 27.7 Å². The summed E-state index contributed by atoms with van der Waals surface area (Å²) in [6.45, 7) is 2.25. The van der Waals surface area contributed by atoms with Crippen molar-refractivity contribution in [1.82, 2.24) is 13.1 Å². The van der Waals surface area contributed by atoms with Crippen LogP contribution in [0.15, 0.2) is 45.8 Å². The Labute approximate surface area is 175 Å². The van der Waals surface area contributed by atoms with Crippen LogP contribution in [0.1, 0.15) is 18.4 Å². The van der Waals surface area contributed by atoms with E-state index in [1.165, 1.54) is 10.4 Å². The summed E-state index contributed by atoms with van der Waals surface area (Å²) in [6, 6.07) is 9.70. The van der Waals surface area contributed by atoms with Crippen LogP contribution in [0, 0.1) is 6.92 Å². The Bertz CT molecular complexity index is 1160. The van der Waals surface area contributed by atoms with Gasteiger partial charge in [0.15, 0.2) is 0 Å². The molecule has 1 aromatic heterocycles. The summed E-state index contributed by atoms with van der Waals surface area (Å²) in [5.41, 5.74) is 2.56. The number of rotatable bonds is 4. The first kappa shape index (κ1) is 19.4. The van der Waals surface area contributed by atoms with Crippen molar-refractivity contribution in [2.24, 2.45) is 0 Å². The zero-order valence-corrected chi connectivity index (χ0v) is 18.1. The first-order chi connectivity index (χ1) is 13.4. The van der Waals surface area contributed by atoms with Gasteiger partial charge in [0.1, 0.15) is 22.0 Å². The van der Waals surface area contributed by atoms with Gasteiger partial charge in [-0.2, -0.15) is 13.1 Å². The quantitative estimate of drug-likeness (QED) is 0.616. The average molecular weight is 481 g/mol. The van der Waals surface area contributed by atoms with Crippen LogP contribution in [0.4, 0.5) is 5.69 Å². The van der Waals surface area contributed by atoms with Gasteiger partial charge in [0, 0.05) is 11.0 Å². The number of benzene rings is 2. The SMILES string of the molecule is Cc1ccc(NC(=O)[C@@H]2CCCN2S(=O)(=O)c2cccc3nsnc23)c(Br)c1. The van der Waals surface area contributed by atoms with Gasteiger partial charge < -0.3 is 5.32 Å². The molecule has 2 heterocycles. The second kappa shape index (κ2) is 7.51. The summed E-state index contributed by atoms with van der Waals surface area (Å²) in [6.07, 6.45) is 1.09. The smallest absolute Gasteiger partial charge is 0.246 e. The molecule has 0 spiro atoms. The number of aromatic nitrogens is 2. The number of nitrogens with zero attached hydrogens (tertiary/aromatic N) is 3. The molecule has 1 aliphatic rings. The lowest BCUT2D eigenvalue weighted by molar-refractivity contribution is -0.119. The highest BCUT2D eigenvalue weighted by Crippen LogP contribution is 2.31. The number of amides is 1. The van der Waals surface area contributed by atoms with Crippen molar-refractivity contribution < 1.29 is 13.2 Å². The van der Waals surface area contributed by atoms with Gasteiger partial charge in [-0.1, -0.05) is 12.1 Å². The van der Waals surface area contributed by atoms with Crippen molar-refractivity contribution in [3.63, 3.8) is 0 Å². The molecule has 4 rings (SSSR count). The molecular formula is C18H17BrN4O3S2. The van der Waals surface area contributed by atoms with E-state index in [2.05, 4.69) is 30.0 Å². The van der Waals surface area contributed by atoms with Crippen LogP contribution in [-0.2, 0) is 14.8 Å². The Morgan fingerprint density at radius 2 is 2.11 bits per heavy atom. The standard InChI is InChI=1S/C18H17BrN4O3S2/c1-11-7-8-13(12(19)10-11)20-18(24)15-5-3-9-23(15)28(25,26)16-6-2-4-14-17(16)22-27-21-14/h2,4,6-8,10,15H,3,5,9H2,1H3,(H,20,24)/t15-/m0/s1. The minimum Gasteiger partial charge on any atom is -0.324 e. The number of fused-ring (bicyclic) bond motifs is 1. The highest BCUT2D eigenvalue weighted by atomic mass is 79.9. The van der Waals surface area contributed by atoms with Crippen molar-refractivity contribution >= 4 is 60.3 Å². The lowest BCUT2D eigenvalue weighted by Crippen LogP contribution is -2.43. The van der Waals surface area contributed by atoms with Gasteiger partial charge in [-0.25, -0.2) is 8.42 Å². The summed E-state index contributed by atoms with van der Waals surface area (Å²) in [5, 5.41) is 2.85. The van der Waals surface area contributed by atoms with Crippen LogP contribution in [0.25, 0.3) is 11.0 Å². The van der Waals surface area contributed by atoms with Gasteiger partial charge in [0.05, 0.1) is 17.4 Å². The van der Waals surface area contributed by atoms with Crippen LogP contribution in [0.3, 0.4) is 0 Å². The van der Waals surface area contributed by atoms with Gasteiger partial charge in [-0.15, -0.1) is 0 Å². The van der Waals surface area contributed by atoms with E-state index in [9.17, 15) is 13.2 Å². The second-order valence-electron chi connectivity index (χ2n) is 6.63. The lowest BCUT2D eigenvalue weighted by atomic mass is 10.2. The van der Waals surface area contributed by atoms with E-state index < -0.39 is 16.1 Å². The van der Waals surface area contributed by atoms with Gasteiger partial charge >= 0.3 is 0 Å². The molecule has 1 N–H and O–H groups in total. The van der Waals surface area contributed by atoms with E-state index in [1.807, 2.05) is 19.1 Å². The van der Waals surface area contributed by atoms with Gasteiger partial charge in [-0.05, 0) is 65.5 Å². The molecule has 1 aliphatic heterocycles. The first-order valence-corrected chi connectivity index (χ1v) is 11.6. The monoisotopic (exact) mass is 480 g/mol. The van der Waals surface area contributed by atoms with Crippen LogP contribution in [0.5, 0.6) is 0 Å². The highest BCUT2D eigenvalue weighted by molar-refractivity contribution is 9.10. The van der Waals surface area contributed by atoms with Crippen molar-refractivity contribution in [2.75, 3.05) is 11.9 Å². The highest BCUT2D eigenvalue weighted by Gasteiger charge is 2.40. The van der Waals surface area contributed by atoms with Crippen molar-refractivity contribution in [3.05, 3.63) is 46.4 Å². The molecule has 0 aliphatic carbocycles. The molecule has 0 unspecified atom stereocenters. The zero-order valence-electron chi connectivity index (χ0n) is 14.9. The predicted molar refractivity (Wildman–Crippen MR) is 112 cm³/mol. The van der Waals surface area contributed by atoms with Crippen molar-refractivity contribution in [1.29, 1.82) is 0 Å². The molecule has 3 aromatic rings. The van der Waals surface area contributed by atoms with Crippen molar-refractivity contribution in [3.8, 4) is 0 Å². The van der Waals surface area contributed by atoms with E-state index in [4.69, 9.17) is 0 Å². The zero-order chi connectivity index (χ0) is 19.9. The first-order valence-electron chi connectivity index (χ1n) is 8.68. The maximum absolute atomic E-state index is 13.3. The Kier molecular flexibility index (Phi) is 5.21. The third kappa shape index (κ3) is 3.45. The maximum atomic E-state index is 13.3. The Balaban J connectivity index is 1.64. The summed E-state index contributed by atoms with van der Waals surface area (Å²) >= 11 is 4.41. The number of hydrogen-bond acceptors (Lipinski definition) is 6. The molecule has 1 amide bonds. The molecule has 7 nitrogen and oxygen atoms in total. The largest absolute Gasteiger partial charge is 0.324 e. The lowest BCUT2D eigenvalue weighted by Gasteiger charge is -2.23. The summed E-state index contributed by atoms with van der Waals surface area (Å²) < 4.78 is 36.9. The number of sulfonamides is 1. The number of nitrogens with one attached hydrogen (secondary N) is 1.